The number of fused-ring (bicyclic) bond motifs is 5. The predicted octanol–water partition coefficient (Wildman–Crippen LogP) is 2.06. The highest BCUT2D eigenvalue weighted by atomic mass is 16.3. The second-order valence-electron chi connectivity index (χ2n) is 13.0. The third-order valence-electron chi connectivity index (χ3n) is 10.3. The molecular formula is C27H42O7. The van der Waals surface area contributed by atoms with Crippen LogP contribution in [0.1, 0.15) is 86.0 Å². The van der Waals surface area contributed by atoms with E-state index in [2.05, 4.69) is 0 Å². The molecule has 0 aliphatic heterocycles. The van der Waals surface area contributed by atoms with Crippen LogP contribution in [0.4, 0.5) is 0 Å². The van der Waals surface area contributed by atoms with Crippen LogP contribution in [0.5, 0.6) is 0 Å². The van der Waals surface area contributed by atoms with Crippen molar-refractivity contribution in [2.75, 3.05) is 0 Å². The fraction of sp³-hybridized carbons (Fsp3) is 0.852. The Kier molecular flexibility index (Phi) is 6.06. The van der Waals surface area contributed by atoms with E-state index in [-0.39, 0.29) is 36.7 Å². The molecule has 4 aliphatic carbocycles. The number of carbonyl (C=O) groups excluding carboxylic acids is 2. The molecule has 3 fully saturated rings. The molecule has 0 unspecified atom stereocenters. The Morgan fingerprint density at radius 3 is 2.32 bits per heavy atom. The molecule has 5 N–H and O–H groups in total. The third kappa shape index (κ3) is 3.65. The number of ketones is 2. The topological polar surface area (TPSA) is 135 Å². The molecule has 7 heteroatoms. The Morgan fingerprint density at radius 1 is 1.06 bits per heavy atom. The number of Topliss-reactive ketones (excluding diaryl/α,β-unsaturated/α-hetero) is 1. The highest BCUT2D eigenvalue weighted by Crippen LogP contribution is 2.68. The van der Waals surface area contributed by atoms with E-state index in [1.54, 1.807) is 19.9 Å². The minimum Gasteiger partial charge on any atom is -0.390 e. The summed E-state index contributed by atoms with van der Waals surface area (Å²) in [5.41, 5.74) is -4.67. The largest absolute Gasteiger partial charge is 0.390 e. The molecule has 0 aromatic carbocycles. The lowest BCUT2D eigenvalue weighted by Gasteiger charge is -2.60. The molecule has 0 bridgehead atoms. The molecule has 34 heavy (non-hydrogen) atoms. The number of allylic oxidation sites excluding steroid dienone is 1. The molecule has 0 aromatic heterocycles. The minimum atomic E-state index is -1.66. The number of hydrogen-bond donors (Lipinski definition) is 5. The van der Waals surface area contributed by atoms with Gasteiger partial charge in [-0.3, -0.25) is 9.59 Å². The molecule has 0 radical (unpaired) electrons. The molecule has 9 atom stereocenters. The van der Waals surface area contributed by atoms with Crippen LogP contribution in [0.25, 0.3) is 0 Å². The maximum atomic E-state index is 13.2. The van der Waals surface area contributed by atoms with E-state index >= 15 is 0 Å². The van der Waals surface area contributed by atoms with Gasteiger partial charge in [0.2, 0.25) is 0 Å². The number of aliphatic hydroxyl groups is 5. The molecule has 0 saturated heterocycles. The van der Waals surface area contributed by atoms with Crippen LogP contribution >= 0.6 is 0 Å². The molecule has 4 aliphatic rings. The normalized spacial score (nSPS) is 46.1. The van der Waals surface area contributed by atoms with E-state index in [0.29, 0.717) is 37.7 Å². The van der Waals surface area contributed by atoms with Crippen molar-refractivity contribution >= 4 is 11.6 Å². The molecule has 7 nitrogen and oxygen atoms in total. The Morgan fingerprint density at radius 2 is 1.71 bits per heavy atom. The van der Waals surface area contributed by atoms with E-state index in [0.717, 1.165) is 0 Å². The SMILES string of the molecule is CC(C)(O)CCC(=O)[C@](C)(O)[C@H]1CC[C@@]2(O)C3=CC(=O)[C@@H]4C[C@@H](O)[C@@H](O)C[C@]4(C)[C@H]3CC[C@]12C. The van der Waals surface area contributed by atoms with E-state index in [1.807, 2.05) is 13.8 Å². The first-order valence-electron chi connectivity index (χ1n) is 12.8. The van der Waals surface area contributed by atoms with Crippen molar-refractivity contribution in [3.8, 4) is 0 Å². The van der Waals surface area contributed by atoms with Gasteiger partial charge in [-0.05, 0) is 88.7 Å². The quantitative estimate of drug-likeness (QED) is 0.408. The maximum absolute atomic E-state index is 13.2. The first-order chi connectivity index (χ1) is 15.5. The van der Waals surface area contributed by atoms with Crippen LogP contribution in [-0.4, -0.2) is 66.1 Å². The Labute approximate surface area is 202 Å². The van der Waals surface area contributed by atoms with E-state index in [9.17, 15) is 35.1 Å². The molecule has 0 heterocycles. The van der Waals surface area contributed by atoms with Gasteiger partial charge in [0.05, 0.1) is 23.4 Å². The number of aliphatic hydroxyl groups excluding tert-OH is 2. The fourth-order valence-electron chi connectivity index (χ4n) is 8.14. The summed E-state index contributed by atoms with van der Waals surface area (Å²) in [6.07, 6.45) is 2.63. The number of rotatable bonds is 5. The van der Waals surface area contributed by atoms with Crippen molar-refractivity contribution in [1.29, 1.82) is 0 Å². The highest BCUT2D eigenvalue weighted by molar-refractivity contribution is 5.95. The lowest BCUT2D eigenvalue weighted by molar-refractivity contribution is -0.167. The van der Waals surface area contributed by atoms with Crippen LogP contribution in [0.2, 0.25) is 0 Å². The van der Waals surface area contributed by atoms with Gasteiger partial charge in [-0.15, -0.1) is 0 Å². The van der Waals surface area contributed by atoms with Crippen molar-refractivity contribution in [3.05, 3.63) is 11.6 Å². The van der Waals surface area contributed by atoms with Crippen LogP contribution in [-0.2, 0) is 9.59 Å². The van der Waals surface area contributed by atoms with Crippen LogP contribution in [0.3, 0.4) is 0 Å². The van der Waals surface area contributed by atoms with Crippen molar-refractivity contribution in [2.24, 2.45) is 28.6 Å². The molecule has 4 rings (SSSR count). The Balaban J connectivity index is 1.67. The molecule has 192 valence electrons. The van der Waals surface area contributed by atoms with Gasteiger partial charge in [0.15, 0.2) is 11.6 Å². The van der Waals surface area contributed by atoms with E-state index in [4.69, 9.17) is 0 Å². The summed E-state index contributed by atoms with van der Waals surface area (Å²) >= 11 is 0. The fourth-order valence-corrected chi connectivity index (χ4v) is 8.14. The first-order valence-corrected chi connectivity index (χ1v) is 12.8. The van der Waals surface area contributed by atoms with Gasteiger partial charge in [-0.25, -0.2) is 0 Å². The van der Waals surface area contributed by atoms with Gasteiger partial charge in [0.25, 0.3) is 0 Å². The van der Waals surface area contributed by atoms with E-state index in [1.165, 1.54) is 6.92 Å². The third-order valence-corrected chi connectivity index (χ3v) is 10.3. The molecule has 0 aromatic rings. The number of carbonyl (C=O) groups is 2. The summed E-state index contributed by atoms with van der Waals surface area (Å²) in [6.45, 7) is 8.72. The summed E-state index contributed by atoms with van der Waals surface area (Å²) in [4.78, 5) is 26.3. The lowest BCUT2D eigenvalue weighted by Crippen LogP contribution is -2.62. The van der Waals surface area contributed by atoms with Gasteiger partial charge in [-0.2, -0.15) is 0 Å². The van der Waals surface area contributed by atoms with Gasteiger partial charge in [0, 0.05) is 23.7 Å². The predicted molar refractivity (Wildman–Crippen MR) is 126 cm³/mol. The van der Waals surface area contributed by atoms with Gasteiger partial charge >= 0.3 is 0 Å². The zero-order valence-electron chi connectivity index (χ0n) is 21.2. The van der Waals surface area contributed by atoms with Gasteiger partial charge in [0.1, 0.15) is 5.60 Å². The zero-order valence-corrected chi connectivity index (χ0v) is 21.2. The summed E-state index contributed by atoms with van der Waals surface area (Å²) in [5, 5.41) is 54.3. The summed E-state index contributed by atoms with van der Waals surface area (Å²) in [6, 6.07) is 0. The first kappa shape index (κ1) is 26.0. The Bertz CT molecular complexity index is 901. The standard InChI is InChI=1S/C27H42O7/c1-23(2,32)9-8-22(31)26(5,33)21-7-11-27(34)16-12-18(28)17-13-19(29)20(30)14-24(17,3)15(16)6-10-25(21,27)4/h12,15,17,19-21,29-30,32-34H,6-11,13-14H2,1-5H3/t15-,17-,19+,20-,21-,24+,25+,26+,27+/m0/s1. The summed E-state index contributed by atoms with van der Waals surface area (Å²) < 4.78 is 0. The summed E-state index contributed by atoms with van der Waals surface area (Å²) in [7, 11) is 0. The monoisotopic (exact) mass is 478 g/mol. The van der Waals surface area contributed by atoms with Crippen molar-refractivity contribution in [2.45, 2.75) is 115 Å². The molecular weight excluding hydrogens is 436 g/mol. The smallest absolute Gasteiger partial charge is 0.164 e. The molecule has 0 amide bonds. The van der Waals surface area contributed by atoms with Gasteiger partial charge in [-0.1, -0.05) is 13.8 Å². The Hall–Kier alpha value is -1.12. The second kappa shape index (κ2) is 7.94. The second-order valence-corrected chi connectivity index (χ2v) is 13.0. The summed E-state index contributed by atoms with van der Waals surface area (Å²) in [5.74, 6) is -1.44. The van der Waals surface area contributed by atoms with Crippen molar-refractivity contribution in [3.63, 3.8) is 0 Å². The average molecular weight is 479 g/mol. The lowest BCUT2D eigenvalue weighted by atomic mass is 9.45. The van der Waals surface area contributed by atoms with E-state index < -0.39 is 51.7 Å². The maximum Gasteiger partial charge on any atom is 0.164 e. The van der Waals surface area contributed by atoms with Crippen LogP contribution < -0.4 is 0 Å². The molecule has 0 spiro atoms. The average Bonchev–Trinajstić information content (AvgIpc) is 3.00. The zero-order chi connectivity index (χ0) is 25.5. The number of hydrogen-bond acceptors (Lipinski definition) is 7. The van der Waals surface area contributed by atoms with Crippen molar-refractivity contribution < 1.29 is 35.1 Å². The van der Waals surface area contributed by atoms with Crippen molar-refractivity contribution in [1.82, 2.24) is 0 Å². The van der Waals surface area contributed by atoms with Crippen LogP contribution in [0, 0.1) is 28.6 Å². The van der Waals surface area contributed by atoms with Gasteiger partial charge < -0.3 is 25.5 Å². The molecule has 3 saturated carbocycles. The highest BCUT2D eigenvalue weighted by Gasteiger charge is 2.69. The van der Waals surface area contributed by atoms with Crippen LogP contribution in [0.15, 0.2) is 11.6 Å². The minimum absolute atomic E-state index is 0.0469.